The zero-order valence-electron chi connectivity index (χ0n) is 12.3. The number of aromatic amines is 1. The number of hydrogen-bond acceptors (Lipinski definition) is 5. The predicted molar refractivity (Wildman–Crippen MR) is 78.3 cm³/mol. The number of aromatic nitrogens is 2. The summed E-state index contributed by atoms with van der Waals surface area (Å²) in [6, 6.07) is 1.68. The standard InChI is InChI=1S/C13H21N3O4S/c1-3-5-9-8-12(15-14-9)16-21(18,19)11-7-4-6-10(11)13(17)20-2/h8,10-11H,3-7H2,1-2H3,(H2,14,15,16). The van der Waals surface area contributed by atoms with Gasteiger partial charge in [-0.1, -0.05) is 19.8 Å². The van der Waals surface area contributed by atoms with Gasteiger partial charge < -0.3 is 4.74 Å². The van der Waals surface area contributed by atoms with Gasteiger partial charge in [-0.2, -0.15) is 5.10 Å². The van der Waals surface area contributed by atoms with Crippen LogP contribution in [0.2, 0.25) is 0 Å². The number of rotatable bonds is 6. The molecule has 1 aliphatic carbocycles. The molecule has 1 fully saturated rings. The molecule has 0 radical (unpaired) electrons. The van der Waals surface area contributed by atoms with E-state index in [1.165, 1.54) is 7.11 Å². The van der Waals surface area contributed by atoms with Gasteiger partial charge in [-0.25, -0.2) is 8.42 Å². The number of anilines is 1. The van der Waals surface area contributed by atoms with Crippen LogP contribution in [0.5, 0.6) is 0 Å². The highest BCUT2D eigenvalue weighted by atomic mass is 32.2. The number of sulfonamides is 1. The number of nitrogens with one attached hydrogen (secondary N) is 2. The fraction of sp³-hybridized carbons (Fsp3) is 0.692. The first-order valence-corrected chi connectivity index (χ1v) is 8.66. The Morgan fingerprint density at radius 2 is 2.29 bits per heavy atom. The molecule has 0 amide bonds. The number of ether oxygens (including phenoxy) is 1. The number of hydrogen-bond donors (Lipinski definition) is 2. The molecule has 2 unspecified atom stereocenters. The van der Waals surface area contributed by atoms with Gasteiger partial charge in [-0.05, 0) is 19.3 Å². The van der Waals surface area contributed by atoms with E-state index < -0.39 is 27.2 Å². The molecular weight excluding hydrogens is 294 g/mol. The molecule has 0 bridgehead atoms. The molecule has 2 N–H and O–H groups in total. The van der Waals surface area contributed by atoms with Gasteiger partial charge in [0.25, 0.3) is 0 Å². The molecule has 8 heteroatoms. The largest absolute Gasteiger partial charge is 0.469 e. The summed E-state index contributed by atoms with van der Waals surface area (Å²) in [6.07, 6.45) is 3.46. The van der Waals surface area contributed by atoms with Gasteiger partial charge in [0.2, 0.25) is 10.0 Å². The van der Waals surface area contributed by atoms with Crippen LogP contribution in [-0.4, -0.2) is 36.9 Å². The van der Waals surface area contributed by atoms with Crippen molar-refractivity contribution in [3.63, 3.8) is 0 Å². The molecule has 0 saturated heterocycles. The molecule has 1 heterocycles. The van der Waals surface area contributed by atoms with E-state index in [1.54, 1.807) is 6.07 Å². The highest BCUT2D eigenvalue weighted by Gasteiger charge is 2.42. The van der Waals surface area contributed by atoms with Crippen LogP contribution in [0.1, 0.15) is 38.3 Å². The third kappa shape index (κ3) is 3.55. The molecule has 1 saturated carbocycles. The number of nitrogens with zero attached hydrogens (tertiary/aromatic N) is 1. The van der Waals surface area contributed by atoms with E-state index in [4.69, 9.17) is 4.74 Å². The van der Waals surface area contributed by atoms with Gasteiger partial charge in [0, 0.05) is 11.8 Å². The summed E-state index contributed by atoms with van der Waals surface area (Å²) in [4.78, 5) is 11.7. The van der Waals surface area contributed by atoms with Crippen molar-refractivity contribution in [1.29, 1.82) is 0 Å². The second kappa shape index (κ2) is 6.46. The summed E-state index contributed by atoms with van der Waals surface area (Å²) in [7, 11) is -2.37. The van der Waals surface area contributed by atoms with Crippen LogP contribution in [0.15, 0.2) is 6.07 Å². The Labute approximate surface area is 124 Å². The lowest BCUT2D eigenvalue weighted by Crippen LogP contribution is -2.35. The number of H-pyrrole nitrogens is 1. The predicted octanol–water partition coefficient (Wildman–Crippen LogP) is 1.45. The molecule has 0 aliphatic heterocycles. The minimum atomic E-state index is -3.65. The molecule has 1 aromatic heterocycles. The van der Waals surface area contributed by atoms with E-state index >= 15 is 0 Å². The summed E-state index contributed by atoms with van der Waals surface area (Å²) in [5, 5.41) is 5.99. The van der Waals surface area contributed by atoms with Crippen molar-refractivity contribution < 1.29 is 17.9 Å². The first-order chi connectivity index (χ1) is 9.97. The third-order valence-electron chi connectivity index (χ3n) is 3.75. The van der Waals surface area contributed by atoms with E-state index in [0.717, 1.165) is 18.5 Å². The molecule has 0 aromatic carbocycles. The number of carbonyl (C=O) groups excluding carboxylic acids is 1. The van der Waals surface area contributed by atoms with E-state index in [-0.39, 0.29) is 5.82 Å². The average Bonchev–Trinajstić information content (AvgIpc) is 3.07. The Bertz CT molecular complexity index is 596. The van der Waals surface area contributed by atoms with Crippen LogP contribution >= 0.6 is 0 Å². The van der Waals surface area contributed by atoms with Crippen molar-refractivity contribution in [2.45, 2.75) is 44.3 Å². The fourth-order valence-electron chi connectivity index (χ4n) is 2.75. The second-order valence-electron chi connectivity index (χ2n) is 5.27. The van der Waals surface area contributed by atoms with E-state index in [0.29, 0.717) is 19.3 Å². The van der Waals surface area contributed by atoms with E-state index in [2.05, 4.69) is 14.9 Å². The minimum Gasteiger partial charge on any atom is -0.469 e. The van der Waals surface area contributed by atoms with Gasteiger partial charge in [-0.15, -0.1) is 0 Å². The summed E-state index contributed by atoms with van der Waals surface area (Å²) in [5.74, 6) is -0.785. The van der Waals surface area contributed by atoms with Crippen LogP contribution in [-0.2, 0) is 26.0 Å². The van der Waals surface area contributed by atoms with Gasteiger partial charge in [-0.3, -0.25) is 14.6 Å². The molecule has 2 rings (SSSR count). The van der Waals surface area contributed by atoms with Crippen molar-refractivity contribution >= 4 is 21.8 Å². The van der Waals surface area contributed by atoms with E-state index in [1.807, 2.05) is 6.92 Å². The summed E-state index contributed by atoms with van der Waals surface area (Å²) in [5.41, 5.74) is 0.881. The zero-order valence-corrected chi connectivity index (χ0v) is 13.1. The molecule has 7 nitrogen and oxygen atoms in total. The average molecular weight is 315 g/mol. The number of esters is 1. The lowest BCUT2D eigenvalue weighted by molar-refractivity contribution is -0.145. The van der Waals surface area contributed by atoms with Crippen molar-refractivity contribution in [2.75, 3.05) is 11.8 Å². The van der Waals surface area contributed by atoms with Crippen LogP contribution in [0.4, 0.5) is 5.82 Å². The van der Waals surface area contributed by atoms with E-state index in [9.17, 15) is 13.2 Å². The summed E-state index contributed by atoms with van der Waals surface area (Å²) in [6.45, 7) is 2.03. The second-order valence-corrected chi connectivity index (χ2v) is 7.17. The van der Waals surface area contributed by atoms with Crippen molar-refractivity contribution in [3.05, 3.63) is 11.8 Å². The maximum atomic E-state index is 12.4. The topological polar surface area (TPSA) is 101 Å². The molecule has 1 aliphatic rings. The quantitative estimate of drug-likeness (QED) is 0.774. The lowest BCUT2D eigenvalue weighted by Gasteiger charge is -2.18. The van der Waals surface area contributed by atoms with Crippen LogP contribution in [0.3, 0.4) is 0 Å². The monoisotopic (exact) mass is 315 g/mol. The molecule has 0 spiro atoms. The number of carbonyl (C=O) groups is 1. The number of methoxy groups -OCH3 is 1. The smallest absolute Gasteiger partial charge is 0.310 e. The Morgan fingerprint density at radius 1 is 1.52 bits per heavy atom. The Morgan fingerprint density at radius 3 is 2.95 bits per heavy atom. The lowest BCUT2D eigenvalue weighted by atomic mass is 10.1. The minimum absolute atomic E-state index is 0.272. The maximum absolute atomic E-state index is 12.4. The molecular formula is C13H21N3O4S. The Kier molecular flexibility index (Phi) is 4.87. The Balaban J connectivity index is 2.11. The maximum Gasteiger partial charge on any atom is 0.310 e. The fourth-order valence-corrected chi connectivity index (χ4v) is 4.46. The normalized spacial score (nSPS) is 22.2. The van der Waals surface area contributed by atoms with Crippen LogP contribution in [0.25, 0.3) is 0 Å². The van der Waals surface area contributed by atoms with Gasteiger partial charge in [0.1, 0.15) is 0 Å². The highest BCUT2D eigenvalue weighted by molar-refractivity contribution is 7.93. The van der Waals surface area contributed by atoms with Crippen molar-refractivity contribution in [2.24, 2.45) is 5.92 Å². The third-order valence-corrected chi connectivity index (χ3v) is 5.61. The molecule has 21 heavy (non-hydrogen) atoms. The summed E-state index contributed by atoms with van der Waals surface area (Å²) >= 11 is 0. The Hall–Kier alpha value is -1.57. The van der Waals surface area contributed by atoms with Gasteiger partial charge >= 0.3 is 5.97 Å². The van der Waals surface area contributed by atoms with Gasteiger partial charge in [0.05, 0.1) is 18.3 Å². The number of aryl methyl sites for hydroxylation is 1. The SMILES string of the molecule is CCCc1cc(NS(=O)(=O)C2CCCC2C(=O)OC)n[nH]1. The first-order valence-electron chi connectivity index (χ1n) is 7.11. The molecule has 118 valence electrons. The highest BCUT2D eigenvalue weighted by Crippen LogP contribution is 2.32. The first kappa shape index (κ1) is 15.8. The molecule has 2 atom stereocenters. The zero-order chi connectivity index (χ0) is 15.5. The van der Waals surface area contributed by atoms with Crippen molar-refractivity contribution in [3.8, 4) is 0 Å². The van der Waals surface area contributed by atoms with Crippen LogP contribution in [0, 0.1) is 5.92 Å². The van der Waals surface area contributed by atoms with Crippen LogP contribution < -0.4 is 4.72 Å². The summed E-state index contributed by atoms with van der Waals surface area (Å²) < 4.78 is 32.0. The van der Waals surface area contributed by atoms with Crippen molar-refractivity contribution in [1.82, 2.24) is 10.2 Å². The molecule has 1 aromatic rings. The van der Waals surface area contributed by atoms with Gasteiger partial charge in [0.15, 0.2) is 5.82 Å².